The summed E-state index contributed by atoms with van der Waals surface area (Å²) in [6, 6.07) is 3.26. The molecule has 1 aliphatic rings. The average Bonchev–Trinajstić information content (AvgIpc) is 2.47. The number of amides is 2. The van der Waals surface area contributed by atoms with Gasteiger partial charge in [0.15, 0.2) is 0 Å². The van der Waals surface area contributed by atoms with E-state index in [1.165, 1.54) is 17.0 Å². The zero-order chi connectivity index (χ0) is 15.4. The molecule has 114 valence electrons. The lowest BCUT2D eigenvalue weighted by Crippen LogP contribution is -2.59. The minimum atomic E-state index is -0.680. The molecule has 1 heterocycles. The quantitative estimate of drug-likeness (QED) is 0.876. The predicted molar refractivity (Wildman–Crippen MR) is 77.8 cm³/mol. The molecule has 2 amide bonds. The molecule has 0 radical (unpaired) electrons. The highest BCUT2D eigenvalue weighted by Gasteiger charge is 2.33. The minimum Gasteiger partial charge on any atom is -0.355 e. The van der Waals surface area contributed by atoms with Crippen molar-refractivity contribution in [3.63, 3.8) is 0 Å². The van der Waals surface area contributed by atoms with Crippen LogP contribution >= 0.6 is 11.6 Å². The van der Waals surface area contributed by atoms with Crippen LogP contribution in [-0.4, -0.2) is 48.9 Å². The third kappa shape index (κ3) is 3.51. The lowest BCUT2D eigenvalue weighted by Gasteiger charge is -2.35. The Hall–Kier alpha value is -1.66. The Morgan fingerprint density at radius 2 is 2.29 bits per heavy atom. The van der Waals surface area contributed by atoms with Crippen molar-refractivity contribution in [1.29, 1.82) is 0 Å². The summed E-state index contributed by atoms with van der Waals surface area (Å²) >= 11 is 5.69. The number of nitrogens with one attached hydrogen (secondary N) is 2. The molecule has 1 saturated heterocycles. The second-order valence-corrected chi connectivity index (χ2v) is 5.17. The molecule has 0 bridgehead atoms. The van der Waals surface area contributed by atoms with E-state index in [1.807, 2.05) is 0 Å². The fraction of sp³-hybridized carbons (Fsp3) is 0.429. The maximum atomic E-state index is 13.9. The molecule has 5 nitrogen and oxygen atoms in total. The van der Waals surface area contributed by atoms with Gasteiger partial charge in [0.25, 0.3) is 5.91 Å². The largest absolute Gasteiger partial charge is 0.355 e. The average molecular weight is 314 g/mol. The molecule has 0 aliphatic carbocycles. The van der Waals surface area contributed by atoms with Crippen LogP contribution in [0.2, 0.25) is 5.02 Å². The van der Waals surface area contributed by atoms with E-state index >= 15 is 0 Å². The van der Waals surface area contributed by atoms with E-state index in [4.69, 9.17) is 11.6 Å². The Labute approximate surface area is 127 Å². The van der Waals surface area contributed by atoms with Crippen LogP contribution < -0.4 is 10.6 Å². The topological polar surface area (TPSA) is 61.4 Å². The molecule has 7 heteroatoms. The highest BCUT2D eigenvalue weighted by atomic mass is 35.5. The first-order valence-corrected chi connectivity index (χ1v) is 7.16. The molecule has 1 aliphatic heterocycles. The lowest BCUT2D eigenvalue weighted by atomic mass is 10.1. The Balaban J connectivity index is 2.24. The number of nitrogens with zero attached hydrogens (tertiary/aromatic N) is 1. The smallest absolute Gasteiger partial charge is 0.257 e. The zero-order valence-corrected chi connectivity index (χ0v) is 12.4. The van der Waals surface area contributed by atoms with E-state index in [1.54, 1.807) is 6.92 Å². The van der Waals surface area contributed by atoms with Gasteiger partial charge in [0, 0.05) is 31.2 Å². The van der Waals surface area contributed by atoms with Gasteiger partial charge in [0.1, 0.15) is 11.9 Å². The van der Waals surface area contributed by atoms with E-state index in [2.05, 4.69) is 10.6 Å². The van der Waals surface area contributed by atoms with Gasteiger partial charge in [-0.3, -0.25) is 9.59 Å². The number of likely N-dealkylation sites (N-methyl/N-ethyl adjacent to an activating group) is 1. The summed E-state index contributed by atoms with van der Waals surface area (Å²) in [6.45, 7) is 3.55. The van der Waals surface area contributed by atoms with Crippen molar-refractivity contribution >= 4 is 23.4 Å². The van der Waals surface area contributed by atoms with Crippen molar-refractivity contribution in [2.45, 2.75) is 13.0 Å². The number of hydrogen-bond acceptors (Lipinski definition) is 3. The third-order valence-corrected chi connectivity index (χ3v) is 3.55. The number of carbonyl (C=O) groups excluding carboxylic acids is 2. The van der Waals surface area contributed by atoms with Crippen LogP contribution in [-0.2, 0) is 4.79 Å². The van der Waals surface area contributed by atoms with Crippen molar-refractivity contribution in [2.75, 3.05) is 26.2 Å². The van der Waals surface area contributed by atoms with E-state index in [-0.39, 0.29) is 16.5 Å². The van der Waals surface area contributed by atoms with E-state index in [0.717, 1.165) is 6.07 Å². The fourth-order valence-electron chi connectivity index (χ4n) is 2.29. The number of halogens is 2. The molecule has 0 saturated carbocycles. The van der Waals surface area contributed by atoms with Gasteiger partial charge >= 0.3 is 0 Å². The Morgan fingerprint density at radius 1 is 1.52 bits per heavy atom. The van der Waals surface area contributed by atoms with Gasteiger partial charge in [-0.1, -0.05) is 11.6 Å². The third-order valence-electron chi connectivity index (χ3n) is 3.32. The van der Waals surface area contributed by atoms with Crippen LogP contribution in [0, 0.1) is 5.82 Å². The molecule has 2 rings (SSSR count). The Kier molecular flexibility index (Phi) is 5.14. The standard InChI is InChI=1S/C14H17ClFN3O2/c1-2-18-13(20)12-8-17-5-6-19(12)14(21)10-4-3-9(15)7-11(10)16/h3-4,7,12,17H,2,5-6,8H2,1H3,(H,18,20). The van der Waals surface area contributed by atoms with Crippen LogP contribution in [0.1, 0.15) is 17.3 Å². The van der Waals surface area contributed by atoms with Gasteiger partial charge in [-0.05, 0) is 25.1 Å². The summed E-state index contributed by atoms with van der Waals surface area (Å²) in [6.07, 6.45) is 0. The number of benzene rings is 1. The summed E-state index contributed by atoms with van der Waals surface area (Å²) in [5, 5.41) is 5.98. The maximum absolute atomic E-state index is 13.9. The van der Waals surface area contributed by atoms with Crippen LogP contribution in [0.25, 0.3) is 0 Å². The zero-order valence-electron chi connectivity index (χ0n) is 11.7. The van der Waals surface area contributed by atoms with Gasteiger partial charge in [0.05, 0.1) is 5.56 Å². The second-order valence-electron chi connectivity index (χ2n) is 4.74. The molecule has 1 atom stereocenters. The molecule has 0 aromatic heterocycles. The molecule has 0 spiro atoms. The molecule has 1 aromatic rings. The number of rotatable bonds is 3. The molecular weight excluding hydrogens is 297 g/mol. The minimum absolute atomic E-state index is 0.0735. The first kappa shape index (κ1) is 15.7. The van der Waals surface area contributed by atoms with Gasteiger partial charge in [-0.25, -0.2) is 4.39 Å². The van der Waals surface area contributed by atoms with Crippen LogP contribution in [0.3, 0.4) is 0 Å². The first-order chi connectivity index (χ1) is 10.0. The summed E-state index contributed by atoms with van der Waals surface area (Å²) < 4.78 is 13.9. The van der Waals surface area contributed by atoms with Gasteiger partial charge in [0.2, 0.25) is 5.91 Å². The Morgan fingerprint density at radius 3 is 2.95 bits per heavy atom. The summed E-state index contributed by atoms with van der Waals surface area (Å²) in [5.41, 5.74) is -0.0735. The van der Waals surface area contributed by atoms with Gasteiger partial charge in [-0.15, -0.1) is 0 Å². The van der Waals surface area contributed by atoms with Crippen molar-refractivity contribution < 1.29 is 14.0 Å². The second kappa shape index (κ2) is 6.87. The molecular formula is C14H17ClFN3O2. The summed E-state index contributed by atoms with van der Waals surface area (Å²) in [7, 11) is 0. The molecule has 2 N–H and O–H groups in total. The lowest BCUT2D eigenvalue weighted by molar-refractivity contribution is -0.126. The Bertz CT molecular complexity index is 553. The van der Waals surface area contributed by atoms with E-state index in [0.29, 0.717) is 26.2 Å². The molecule has 1 aromatic carbocycles. The number of hydrogen-bond donors (Lipinski definition) is 2. The van der Waals surface area contributed by atoms with Crippen molar-refractivity contribution in [3.05, 3.63) is 34.6 Å². The summed E-state index contributed by atoms with van der Waals surface area (Å²) in [5.74, 6) is -1.42. The maximum Gasteiger partial charge on any atom is 0.257 e. The normalized spacial score (nSPS) is 18.4. The molecule has 1 fully saturated rings. The monoisotopic (exact) mass is 313 g/mol. The van der Waals surface area contributed by atoms with Crippen LogP contribution in [0.4, 0.5) is 4.39 Å². The van der Waals surface area contributed by atoms with Gasteiger partial charge < -0.3 is 15.5 Å². The highest BCUT2D eigenvalue weighted by Crippen LogP contribution is 2.18. The van der Waals surface area contributed by atoms with Crippen LogP contribution in [0.5, 0.6) is 0 Å². The first-order valence-electron chi connectivity index (χ1n) is 6.79. The highest BCUT2D eigenvalue weighted by molar-refractivity contribution is 6.30. The van der Waals surface area contributed by atoms with Crippen LogP contribution in [0.15, 0.2) is 18.2 Å². The molecule has 21 heavy (non-hydrogen) atoms. The van der Waals surface area contributed by atoms with Gasteiger partial charge in [-0.2, -0.15) is 0 Å². The SMILES string of the molecule is CCNC(=O)C1CNCCN1C(=O)c1ccc(Cl)cc1F. The van der Waals surface area contributed by atoms with E-state index in [9.17, 15) is 14.0 Å². The predicted octanol–water partition coefficient (Wildman–Crippen LogP) is 1.03. The number of piperazine rings is 1. The van der Waals surface area contributed by atoms with Crippen molar-refractivity contribution in [3.8, 4) is 0 Å². The van der Waals surface area contributed by atoms with E-state index < -0.39 is 17.8 Å². The number of carbonyl (C=O) groups is 2. The summed E-state index contributed by atoms with van der Waals surface area (Å²) in [4.78, 5) is 25.9. The molecule has 1 unspecified atom stereocenters. The van der Waals surface area contributed by atoms with Crippen molar-refractivity contribution in [2.24, 2.45) is 0 Å². The van der Waals surface area contributed by atoms with Crippen molar-refractivity contribution in [1.82, 2.24) is 15.5 Å². The fourth-order valence-corrected chi connectivity index (χ4v) is 2.45.